The zero-order chi connectivity index (χ0) is 15.7. The molecule has 0 saturated heterocycles. The second-order valence-electron chi connectivity index (χ2n) is 5.04. The standard InChI is InChI=1S/C16H25NO3S/c1-4-20-15(19)16(17-3,12-21-11-13(2)10-18)14-8-6-5-7-9-14/h5-9,13,17-18H,4,10-12H2,1-3H3. The Kier molecular flexibility index (Phi) is 7.78. The predicted molar refractivity (Wildman–Crippen MR) is 87.4 cm³/mol. The summed E-state index contributed by atoms with van der Waals surface area (Å²) in [6.45, 7) is 4.31. The van der Waals surface area contributed by atoms with E-state index < -0.39 is 5.54 Å². The van der Waals surface area contributed by atoms with Crippen LogP contribution >= 0.6 is 11.8 Å². The molecular weight excluding hydrogens is 286 g/mol. The summed E-state index contributed by atoms with van der Waals surface area (Å²) >= 11 is 1.64. The van der Waals surface area contributed by atoms with Gasteiger partial charge in [0.05, 0.1) is 6.61 Å². The van der Waals surface area contributed by atoms with Crippen molar-refractivity contribution < 1.29 is 14.6 Å². The highest BCUT2D eigenvalue weighted by molar-refractivity contribution is 7.99. The SMILES string of the molecule is CCOC(=O)C(CSCC(C)CO)(NC)c1ccccc1. The first-order chi connectivity index (χ1) is 10.1. The van der Waals surface area contributed by atoms with E-state index in [1.807, 2.05) is 44.2 Å². The Hall–Kier alpha value is -1.04. The molecule has 0 amide bonds. The molecule has 2 unspecified atom stereocenters. The van der Waals surface area contributed by atoms with E-state index in [0.717, 1.165) is 11.3 Å². The summed E-state index contributed by atoms with van der Waals surface area (Å²) in [5.41, 5.74) is 0.0482. The fourth-order valence-electron chi connectivity index (χ4n) is 2.02. The van der Waals surface area contributed by atoms with Gasteiger partial charge in [0.2, 0.25) is 0 Å². The number of thioether (sulfide) groups is 1. The summed E-state index contributed by atoms with van der Waals surface area (Å²) < 4.78 is 5.27. The minimum absolute atomic E-state index is 0.157. The summed E-state index contributed by atoms with van der Waals surface area (Å²) in [6, 6.07) is 9.63. The number of rotatable bonds is 9. The van der Waals surface area contributed by atoms with E-state index in [9.17, 15) is 4.79 Å². The molecule has 0 fully saturated rings. The smallest absolute Gasteiger partial charge is 0.331 e. The van der Waals surface area contributed by atoms with Crippen LogP contribution in [0.4, 0.5) is 0 Å². The molecule has 118 valence electrons. The van der Waals surface area contributed by atoms with Gasteiger partial charge in [-0.25, -0.2) is 4.79 Å². The quantitative estimate of drug-likeness (QED) is 0.683. The zero-order valence-electron chi connectivity index (χ0n) is 13.0. The Labute approximate surface area is 131 Å². The average Bonchev–Trinajstić information content (AvgIpc) is 2.52. The zero-order valence-corrected chi connectivity index (χ0v) is 13.8. The second-order valence-corrected chi connectivity index (χ2v) is 6.07. The molecule has 0 aliphatic heterocycles. The lowest BCUT2D eigenvalue weighted by molar-refractivity contribution is -0.150. The second kappa shape index (κ2) is 9.07. The number of hydrogen-bond acceptors (Lipinski definition) is 5. The van der Waals surface area contributed by atoms with Crippen LogP contribution in [0.2, 0.25) is 0 Å². The lowest BCUT2D eigenvalue weighted by Gasteiger charge is -2.31. The molecule has 21 heavy (non-hydrogen) atoms. The third-order valence-electron chi connectivity index (χ3n) is 3.35. The minimum atomic E-state index is -0.850. The number of carbonyl (C=O) groups is 1. The van der Waals surface area contributed by atoms with E-state index in [0.29, 0.717) is 12.4 Å². The van der Waals surface area contributed by atoms with Crippen LogP contribution in [-0.2, 0) is 15.1 Å². The number of benzene rings is 1. The fourth-order valence-corrected chi connectivity index (χ4v) is 3.38. The predicted octanol–water partition coefficient (Wildman–Crippen LogP) is 2.03. The Morgan fingerprint density at radius 2 is 2.10 bits per heavy atom. The molecule has 5 heteroatoms. The van der Waals surface area contributed by atoms with Crippen LogP contribution in [0.3, 0.4) is 0 Å². The van der Waals surface area contributed by atoms with Gasteiger partial charge in [-0.1, -0.05) is 37.3 Å². The molecule has 1 aromatic carbocycles. The summed E-state index contributed by atoms with van der Waals surface area (Å²) in [4.78, 5) is 12.5. The number of ether oxygens (including phenoxy) is 1. The molecule has 0 radical (unpaired) electrons. The van der Waals surface area contributed by atoms with Crippen LogP contribution < -0.4 is 5.32 Å². The van der Waals surface area contributed by atoms with Gasteiger partial charge in [-0.3, -0.25) is 0 Å². The molecule has 0 aromatic heterocycles. The fraction of sp³-hybridized carbons (Fsp3) is 0.562. The van der Waals surface area contributed by atoms with Gasteiger partial charge in [0.1, 0.15) is 0 Å². The number of aliphatic hydroxyl groups is 1. The van der Waals surface area contributed by atoms with Crippen molar-refractivity contribution in [2.75, 3.05) is 31.8 Å². The number of hydrogen-bond donors (Lipinski definition) is 2. The van der Waals surface area contributed by atoms with Gasteiger partial charge >= 0.3 is 5.97 Å². The van der Waals surface area contributed by atoms with Crippen molar-refractivity contribution in [3.05, 3.63) is 35.9 Å². The molecule has 0 aliphatic carbocycles. The highest BCUT2D eigenvalue weighted by Crippen LogP contribution is 2.28. The van der Waals surface area contributed by atoms with Gasteiger partial charge in [-0.2, -0.15) is 11.8 Å². The maximum Gasteiger partial charge on any atom is 0.331 e. The lowest BCUT2D eigenvalue weighted by atomic mass is 9.92. The third kappa shape index (κ3) is 4.73. The van der Waals surface area contributed by atoms with Crippen LogP contribution in [0.25, 0.3) is 0 Å². The molecule has 1 rings (SSSR count). The van der Waals surface area contributed by atoms with E-state index in [1.165, 1.54) is 0 Å². The van der Waals surface area contributed by atoms with E-state index >= 15 is 0 Å². The van der Waals surface area contributed by atoms with E-state index in [4.69, 9.17) is 9.84 Å². The van der Waals surface area contributed by atoms with Gasteiger partial charge in [0.15, 0.2) is 5.54 Å². The van der Waals surface area contributed by atoms with Crippen LogP contribution in [0.15, 0.2) is 30.3 Å². The molecule has 0 spiro atoms. The first-order valence-electron chi connectivity index (χ1n) is 7.21. The van der Waals surface area contributed by atoms with Crippen molar-refractivity contribution in [1.82, 2.24) is 5.32 Å². The highest BCUT2D eigenvalue weighted by Gasteiger charge is 2.40. The van der Waals surface area contributed by atoms with Crippen molar-refractivity contribution >= 4 is 17.7 Å². The minimum Gasteiger partial charge on any atom is -0.464 e. The van der Waals surface area contributed by atoms with Crippen LogP contribution in [0.1, 0.15) is 19.4 Å². The summed E-state index contributed by atoms with van der Waals surface area (Å²) in [6.07, 6.45) is 0. The maximum atomic E-state index is 12.5. The van der Waals surface area contributed by atoms with E-state index in [2.05, 4.69) is 5.32 Å². The Bertz CT molecular complexity index is 427. The number of nitrogens with one attached hydrogen (secondary N) is 1. The maximum absolute atomic E-state index is 12.5. The molecule has 4 nitrogen and oxygen atoms in total. The molecule has 1 aromatic rings. The van der Waals surface area contributed by atoms with Gasteiger partial charge in [-0.05, 0) is 31.2 Å². The molecule has 0 saturated carbocycles. The lowest BCUT2D eigenvalue weighted by Crippen LogP contribution is -2.50. The Balaban J connectivity index is 2.95. The van der Waals surface area contributed by atoms with Gasteiger partial charge in [-0.15, -0.1) is 0 Å². The molecule has 0 aliphatic rings. The molecule has 2 atom stereocenters. The molecule has 2 N–H and O–H groups in total. The topological polar surface area (TPSA) is 58.6 Å². The normalized spacial score (nSPS) is 15.2. The third-order valence-corrected chi connectivity index (χ3v) is 4.79. The van der Waals surface area contributed by atoms with E-state index in [-0.39, 0.29) is 18.5 Å². The van der Waals surface area contributed by atoms with Gasteiger partial charge in [0, 0.05) is 12.4 Å². The van der Waals surface area contributed by atoms with Crippen molar-refractivity contribution in [3.8, 4) is 0 Å². The van der Waals surface area contributed by atoms with Gasteiger partial charge in [0.25, 0.3) is 0 Å². The van der Waals surface area contributed by atoms with Crippen molar-refractivity contribution in [1.29, 1.82) is 0 Å². The molecule has 0 heterocycles. The summed E-state index contributed by atoms with van der Waals surface area (Å²) in [5.74, 6) is 1.31. The molecule has 0 bridgehead atoms. The largest absolute Gasteiger partial charge is 0.464 e. The highest BCUT2D eigenvalue weighted by atomic mass is 32.2. The molecular formula is C16H25NO3S. The number of carbonyl (C=O) groups excluding carboxylic acids is 1. The van der Waals surface area contributed by atoms with Crippen molar-refractivity contribution in [2.45, 2.75) is 19.4 Å². The average molecular weight is 311 g/mol. The number of likely N-dealkylation sites (N-methyl/N-ethyl adjacent to an activating group) is 1. The first kappa shape index (κ1) is 18.0. The van der Waals surface area contributed by atoms with Crippen LogP contribution in [0.5, 0.6) is 0 Å². The summed E-state index contributed by atoms with van der Waals surface area (Å²) in [5, 5.41) is 12.3. The van der Waals surface area contributed by atoms with Crippen molar-refractivity contribution in [2.24, 2.45) is 5.92 Å². The monoisotopic (exact) mass is 311 g/mol. The Morgan fingerprint density at radius 3 is 2.62 bits per heavy atom. The number of esters is 1. The first-order valence-corrected chi connectivity index (χ1v) is 8.36. The van der Waals surface area contributed by atoms with Crippen LogP contribution in [0, 0.1) is 5.92 Å². The van der Waals surface area contributed by atoms with Crippen LogP contribution in [-0.4, -0.2) is 42.8 Å². The van der Waals surface area contributed by atoms with Gasteiger partial charge < -0.3 is 15.2 Å². The van der Waals surface area contributed by atoms with Crippen molar-refractivity contribution in [3.63, 3.8) is 0 Å². The summed E-state index contributed by atoms with van der Waals surface area (Å²) in [7, 11) is 1.78. The number of aliphatic hydroxyl groups excluding tert-OH is 1. The van der Waals surface area contributed by atoms with E-state index in [1.54, 1.807) is 18.8 Å². The Morgan fingerprint density at radius 1 is 1.43 bits per heavy atom.